The first kappa shape index (κ1) is 24.4. The van der Waals surface area contributed by atoms with Crippen LogP contribution in [0.2, 0.25) is 5.02 Å². The molecule has 1 aliphatic rings. The third-order valence-electron chi connectivity index (χ3n) is 6.16. The fraction of sp³-hybridized carbons (Fsp3) is 0.280. The molecule has 5 rings (SSSR count). The molecular formula is C25H24ClN3O3S3. The Morgan fingerprint density at radius 3 is 2.66 bits per heavy atom. The molecular weight excluding hydrogens is 522 g/mol. The minimum atomic E-state index is -3.77. The predicted molar refractivity (Wildman–Crippen MR) is 143 cm³/mol. The van der Waals surface area contributed by atoms with E-state index in [0.717, 1.165) is 34.2 Å². The lowest BCUT2D eigenvalue weighted by atomic mass is 10.0. The highest BCUT2D eigenvalue weighted by atomic mass is 35.5. The van der Waals surface area contributed by atoms with Crippen LogP contribution in [0.5, 0.6) is 0 Å². The van der Waals surface area contributed by atoms with Gasteiger partial charge in [-0.1, -0.05) is 71.8 Å². The average molecular weight is 546 g/mol. The van der Waals surface area contributed by atoms with Crippen LogP contribution in [-0.2, 0) is 21.4 Å². The largest absolute Gasteiger partial charge is 0.282 e. The molecule has 6 nitrogen and oxygen atoms in total. The molecule has 0 bridgehead atoms. The standard InChI is InChI=1S/C25H24ClN3O3S3/c1-17-12-13-19(26)23-22(17)27-25(34-23)28(16-18-8-3-2-4-9-18)24(30)20-10-5-6-14-29(20)35(31,32)21-11-7-15-33-21/h2-4,7-9,11-13,15,20H,5-6,10,14,16H2,1H3. The Morgan fingerprint density at radius 2 is 1.94 bits per heavy atom. The number of rotatable bonds is 6. The zero-order valence-electron chi connectivity index (χ0n) is 19.1. The highest BCUT2D eigenvalue weighted by Crippen LogP contribution is 2.37. The molecule has 1 fully saturated rings. The maximum atomic E-state index is 14.1. The smallest absolute Gasteiger partial charge is 0.253 e. The van der Waals surface area contributed by atoms with Crippen LogP contribution in [-0.4, -0.2) is 36.2 Å². The van der Waals surface area contributed by atoms with E-state index < -0.39 is 16.1 Å². The van der Waals surface area contributed by atoms with Gasteiger partial charge in [0.2, 0.25) is 5.91 Å². The van der Waals surface area contributed by atoms with E-state index in [1.165, 1.54) is 27.0 Å². The topological polar surface area (TPSA) is 70.6 Å². The Bertz CT molecular complexity index is 1410. The number of nitrogens with zero attached hydrogens (tertiary/aromatic N) is 3. The summed E-state index contributed by atoms with van der Waals surface area (Å²) < 4.78 is 29.4. The second-order valence-corrected chi connectivity index (χ2v) is 13.0. The predicted octanol–water partition coefficient (Wildman–Crippen LogP) is 6.10. The fourth-order valence-corrected chi connectivity index (χ4v) is 8.45. The van der Waals surface area contributed by atoms with E-state index >= 15 is 0 Å². The van der Waals surface area contributed by atoms with Crippen LogP contribution < -0.4 is 4.90 Å². The van der Waals surface area contributed by atoms with Crippen molar-refractivity contribution in [3.8, 4) is 0 Å². The monoisotopic (exact) mass is 545 g/mol. The Kier molecular flexibility index (Phi) is 6.96. The van der Waals surface area contributed by atoms with Crippen molar-refractivity contribution in [3.63, 3.8) is 0 Å². The summed E-state index contributed by atoms with van der Waals surface area (Å²) in [6.45, 7) is 2.57. The summed E-state index contributed by atoms with van der Waals surface area (Å²) in [5.74, 6) is -0.262. The van der Waals surface area contributed by atoms with Crippen LogP contribution in [0.15, 0.2) is 64.2 Å². The lowest BCUT2D eigenvalue weighted by Crippen LogP contribution is -2.52. The van der Waals surface area contributed by atoms with Gasteiger partial charge in [-0.3, -0.25) is 9.69 Å². The van der Waals surface area contributed by atoms with E-state index in [-0.39, 0.29) is 10.1 Å². The third-order valence-corrected chi connectivity index (χ3v) is 11.0. The van der Waals surface area contributed by atoms with Gasteiger partial charge in [-0.25, -0.2) is 13.4 Å². The molecule has 0 N–H and O–H groups in total. The molecule has 4 aromatic rings. The number of sulfonamides is 1. The van der Waals surface area contributed by atoms with Crippen LogP contribution in [0.25, 0.3) is 10.2 Å². The molecule has 0 spiro atoms. The number of anilines is 1. The molecule has 1 unspecified atom stereocenters. The molecule has 1 saturated heterocycles. The average Bonchev–Trinajstić information content (AvgIpc) is 3.57. The van der Waals surface area contributed by atoms with Crippen LogP contribution >= 0.6 is 34.3 Å². The van der Waals surface area contributed by atoms with Crippen molar-refractivity contribution in [2.45, 2.75) is 43.0 Å². The summed E-state index contributed by atoms with van der Waals surface area (Å²) in [6, 6.07) is 15.9. The highest BCUT2D eigenvalue weighted by Gasteiger charge is 2.41. The Morgan fingerprint density at radius 1 is 1.14 bits per heavy atom. The van der Waals surface area contributed by atoms with Gasteiger partial charge in [0.05, 0.1) is 21.8 Å². The first-order valence-corrected chi connectivity index (χ1v) is 14.8. The molecule has 2 aromatic carbocycles. The summed E-state index contributed by atoms with van der Waals surface area (Å²) in [6.07, 6.45) is 1.99. The molecule has 0 radical (unpaired) electrons. The van der Waals surface area contributed by atoms with Gasteiger partial charge in [0.15, 0.2) is 5.13 Å². The van der Waals surface area contributed by atoms with Gasteiger partial charge >= 0.3 is 0 Å². The number of hydrogen-bond donors (Lipinski definition) is 0. The molecule has 0 aliphatic carbocycles. The Labute approximate surface area is 217 Å². The molecule has 0 saturated carbocycles. The molecule has 35 heavy (non-hydrogen) atoms. The molecule has 3 heterocycles. The van der Waals surface area contributed by atoms with Gasteiger partial charge in [-0.05, 0) is 48.4 Å². The summed E-state index contributed by atoms with van der Waals surface area (Å²) in [4.78, 5) is 20.6. The van der Waals surface area contributed by atoms with Crippen molar-refractivity contribution in [2.24, 2.45) is 0 Å². The van der Waals surface area contributed by atoms with Gasteiger partial charge in [-0.2, -0.15) is 4.31 Å². The van der Waals surface area contributed by atoms with Gasteiger partial charge < -0.3 is 0 Å². The number of thiophene rings is 1. The molecule has 2 aromatic heterocycles. The first-order valence-electron chi connectivity index (χ1n) is 11.3. The molecule has 1 aliphatic heterocycles. The van der Waals surface area contributed by atoms with Crippen molar-refractivity contribution in [1.82, 2.24) is 9.29 Å². The SMILES string of the molecule is Cc1ccc(Cl)c2sc(N(Cc3ccccc3)C(=O)C3CCCCN3S(=O)(=O)c3cccs3)nc12. The minimum absolute atomic E-state index is 0.259. The summed E-state index contributed by atoms with van der Waals surface area (Å²) >= 11 is 8.99. The quantitative estimate of drug-likeness (QED) is 0.294. The number of aryl methyl sites for hydroxylation is 1. The summed E-state index contributed by atoms with van der Waals surface area (Å²) in [7, 11) is -3.77. The fourth-order valence-electron chi connectivity index (χ4n) is 4.36. The van der Waals surface area contributed by atoms with Crippen LogP contribution in [0.1, 0.15) is 30.4 Å². The number of hydrogen-bond acceptors (Lipinski definition) is 6. The van der Waals surface area contributed by atoms with E-state index in [1.54, 1.807) is 22.4 Å². The number of piperidine rings is 1. The van der Waals surface area contributed by atoms with Crippen molar-refractivity contribution >= 4 is 65.6 Å². The number of carbonyl (C=O) groups excluding carboxylic acids is 1. The number of amides is 1. The zero-order valence-corrected chi connectivity index (χ0v) is 22.3. The third kappa shape index (κ3) is 4.75. The van der Waals surface area contributed by atoms with E-state index in [2.05, 4.69) is 0 Å². The van der Waals surface area contributed by atoms with Crippen LogP contribution in [0.3, 0.4) is 0 Å². The maximum Gasteiger partial charge on any atom is 0.253 e. The number of carbonyl (C=O) groups is 1. The summed E-state index contributed by atoms with van der Waals surface area (Å²) in [5, 5.41) is 2.84. The van der Waals surface area contributed by atoms with Crippen molar-refractivity contribution in [2.75, 3.05) is 11.4 Å². The number of fused-ring (bicyclic) bond motifs is 1. The molecule has 1 atom stereocenters. The van der Waals surface area contributed by atoms with E-state index in [9.17, 15) is 13.2 Å². The van der Waals surface area contributed by atoms with E-state index in [0.29, 0.717) is 29.7 Å². The van der Waals surface area contributed by atoms with Crippen molar-refractivity contribution < 1.29 is 13.2 Å². The lowest BCUT2D eigenvalue weighted by molar-refractivity contribution is -0.123. The first-order chi connectivity index (χ1) is 16.9. The highest BCUT2D eigenvalue weighted by molar-refractivity contribution is 7.91. The normalized spacial score (nSPS) is 17.0. The Balaban J connectivity index is 1.57. The van der Waals surface area contributed by atoms with Crippen molar-refractivity contribution in [3.05, 3.63) is 76.1 Å². The van der Waals surface area contributed by atoms with Gasteiger partial charge in [-0.15, -0.1) is 11.3 Å². The second-order valence-electron chi connectivity index (χ2n) is 8.51. The van der Waals surface area contributed by atoms with Crippen LogP contribution in [0, 0.1) is 6.92 Å². The number of halogens is 1. The van der Waals surface area contributed by atoms with E-state index in [4.69, 9.17) is 16.6 Å². The number of benzene rings is 2. The lowest BCUT2D eigenvalue weighted by Gasteiger charge is -2.35. The number of thiazole rings is 1. The summed E-state index contributed by atoms with van der Waals surface area (Å²) in [5.41, 5.74) is 2.67. The van der Waals surface area contributed by atoms with Gasteiger partial charge in [0, 0.05) is 6.54 Å². The van der Waals surface area contributed by atoms with Gasteiger partial charge in [0.25, 0.3) is 10.0 Å². The maximum absolute atomic E-state index is 14.1. The number of aromatic nitrogens is 1. The zero-order chi connectivity index (χ0) is 24.6. The molecule has 1 amide bonds. The van der Waals surface area contributed by atoms with Crippen LogP contribution in [0.4, 0.5) is 5.13 Å². The minimum Gasteiger partial charge on any atom is -0.282 e. The Hall–Kier alpha value is -2.30. The molecule has 182 valence electrons. The second kappa shape index (κ2) is 9.99. The van der Waals surface area contributed by atoms with Crippen molar-refractivity contribution in [1.29, 1.82) is 0 Å². The van der Waals surface area contributed by atoms with Gasteiger partial charge in [0.1, 0.15) is 10.3 Å². The molecule has 10 heteroatoms. The van der Waals surface area contributed by atoms with E-state index in [1.807, 2.05) is 49.4 Å².